The summed E-state index contributed by atoms with van der Waals surface area (Å²) in [6.45, 7) is 0. The summed E-state index contributed by atoms with van der Waals surface area (Å²) in [6.07, 6.45) is 0. The van der Waals surface area contributed by atoms with Crippen LogP contribution in [0.3, 0.4) is 0 Å². The number of anilines is 2. The molecule has 0 N–H and O–H groups in total. The standard InChI is InChI=1S/C71H54N2O/c1-74-67-65(72-68(53-31-10-2-11-32-53,54-33-12-3-13-34-54)61-47-26-27-48-62(61)69(72,55-35-14-4-15-36-55)56-37-16-5-17-38-56)51-30-52-66(67)73-70(57-39-18-6-19-40-57,58-41-20-7-21-42-58)63-49-28-29-50-64(63)71(73,59-43-22-8-23-44-59)60-45-24-9-25-46-60/h2-52H,1H3. The van der Waals surface area contributed by atoms with Crippen LogP contribution >= 0.6 is 0 Å². The van der Waals surface area contributed by atoms with Crippen molar-refractivity contribution >= 4 is 11.4 Å². The normalized spacial score (nSPS) is 15.5. The van der Waals surface area contributed by atoms with Gasteiger partial charge in [-0.15, -0.1) is 0 Å². The summed E-state index contributed by atoms with van der Waals surface area (Å²) in [5, 5.41) is 0. The minimum absolute atomic E-state index is 0.744. The van der Waals surface area contributed by atoms with Gasteiger partial charge in [-0.3, -0.25) is 0 Å². The lowest BCUT2D eigenvalue weighted by Crippen LogP contribution is -2.55. The molecule has 0 amide bonds. The highest BCUT2D eigenvalue weighted by Crippen LogP contribution is 2.68. The van der Waals surface area contributed by atoms with Crippen molar-refractivity contribution in [3.05, 3.63) is 376 Å². The molecule has 0 spiro atoms. The summed E-state index contributed by atoms with van der Waals surface area (Å²) in [5.74, 6) is 0.744. The number of nitrogens with zero attached hydrogens (tertiary/aromatic N) is 2. The molecular formula is C71H54N2O. The Hall–Kier alpha value is -9.18. The quantitative estimate of drug-likeness (QED) is 0.128. The number of methoxy groups -OCH3 is 1. The minimum atomic E-state index is -0.920. The highest BCUT2D eigenvalue weighted by atomic mass is 16.5. The predicted molar refractivity (Wildman–Crippen MR) is 302 cm³/mol. The Kier molecular flexibility index (Phi) is 11.0. The number of rotatable bonds is 11. The number of hydrogen-bond donors (Lipinski definition) is 0. The third-order valence-electron chi connectivity index (χ3n) is 15.9. The maximum atomic E-state index is 7.38. The zero-order valence-electron chi connectivity index (χ0n) is 41.2. The van der Waals surface area contributed by atoms with Crippen LogP contribution in [-0.2, 0) is 22.2 Å². The summed E-state index contributed by atoms with van der Waals surface area (Å²) in [7, 11) is 1.87. The van der Waals surface area contributed by atoms with Gasteiger partial charge in [-0.25, -0.2) is 0 Å². The van der Waals surface area contributed by atoms with Crippen molar-refractivity contribution in [2.45, 2.75) is 22.2 Å². The topological polar surface area (TPSA) is 15.7 Å². The molecule has 3 heteroatoms. The molecule has 0 aliphatic carbocycles. The summed E-state index contributed by atoms with van der Waals surface area (Å²) in [5.41, 5.74) is 12.1. The van der Waals surface area contributed by atoms with E-state index < -0.39 is 22.2 Å². The molecule has 74 heavy (non-hydrogen) atoms. The van der Waals surface area contributed by atoms with Gasteiger partial charge in [-0.2, -0.15) is 0 Å². The van der Waals surface area contributed by atoms with E-state index in [4.69, 9.17) is 4.74 Å². The first kappa shape index (κ1) is 44.7. The zero-order chi connectivity index (χ0) is 49.6. The maximum absolute atomic E-state index is 7.38. The number of hydrogen-bond acceptors (Lipinski definition) is 3. The molecule has 13 rings (SSSR count). The van der Waals surface area contributed by atoms with Crippen molar-refractivity contribution in [1.82, 2.24) is 0 Å². The Morgan fingerprint density at radius 1 is 0.216 bits per heavy atom. The molecule has 0 radical (unpaired) electrons. The van der Waals surface area contributed by atoms with E-state index in [-0.39, 0.29) is 0 Å². The maximum Gasteiger partial charge on any atom is 0.165 e. The van der Waals surface area contributed by atoms with Crippen LogP contribution in [0.2, 0.25) is 0 Å². The van der Waals surface area contributed by atoms with E-state index >= 15 is 0 Å². The molecule has 2 aliphatic rings. The van der Waals surface area contributed by atoms with Gasteiger partial charge in [0.15, 0.2) is 5.75 Å². The van der Waals surface area contributed by atoms with Crippen molar-refractivity contribution in [1.29, 1.82) is 0 Å². The molecule has 11 aromatic carbocycles. The van der Waals surface area contributed by atoms with Gasteiger partial charge >= 0.3 is 0 Å². The molecule has 2 aliphatic heterocycles. The Morgan fingerprint density at radius 2 is 0.392 bits per heavy atom. The largest absolute Gasteiger partial charge is 0.492 e. The molecule has 0 aromatic heterocycles. The number of benzene rings is 11. The third-order valence-corrected chi connectivity index (χ3v) is 15.9. The van der Waals surface area contributed by atoms with E-state index in [1.54, 1.807) is 0 Å². The Morgan fingerprint density at radius 3 is 0.568 bits per heavy atom. The number of ether oxygens (including phenoxy) is 1. The number of fused-ring (bicyclic) bond motifs is 2. The van der Waals surface area contributed by atoms with Gasteiger partial charge in [0.2, 0.25) is 0 Å². The highest BCUT2D eigenvalue weighted by Gasteiger charge is 2.65. The molecule has 11 aromatic rings. The van der Waals surface area contributed by atoms with Gasteiger partial charge in [0, 0.05) is 0 Å². The van der Waals surface area contributed by atoms with Crippen molar-refractivity contribution in [2.75, 3.05) is 16.9 Å². The smallest absolute Gasteiger partial charge is 0.165 e. The molecule has 0 bridgehead atoms. The summed E-state index contributed by atoms with van der Waals surface area (Å²) in [6, 6.07) is 114. The number of para-hydroxylation sites is 1. The van der Waals surface area contributed by atoms with Gasteiger partial charge in [-0.05, 0) is 78.9 Å². The second-order valence-corrected chi connectivity index (χ2v) is 19.4. The molecule has 0 saturated heterocycles. The van der Waals surface area contributed by atoms with Crippen LogP contribution in [0.5, 0.6) is 5.75 Å². The molecule has 0 fully saturated rings. The zero-order valence-corrected chi connectivity index (χ0v) is 41.2. The van der Waals surface area contributed by atoms with Crippen molar-refractivity contribution < 1.29 is 4.74 Å². The summed E-state index contributed by atoms with van der Waals surface area (Å²) >= 11 is 0. The predicted octanol–water partition coefficient (Wildman–Crippen LogP) is 15.9. The van der Waals surface area contributed by atoms with Crippen LogP contribution < -0.4 is 14.5 Å². The fourth-order valence-corrected chi connectivity index (χ4v) is 13.4. The van der Waals surface area contributed by atoms with E-state index in [0.717, 1.165) is 61.6 Å². The fourth-order valence-electron chi connectivity index (χ4n) is 13.4. The highest BCUT2D eigenvalue weighted by molar-refractivity contribution is 5.88. The second-order valence-electron chi connectivity index (χ2n) is 19.4. The lowest BCUT2D eigenvalue weighted by Gasteiger charge is -2.53. The Balaban J connectivity index is 1.25. The van der Waals surface area contributed by atoms with Crippen LogP contribution in [0, 0.1) is 0 Å². The van der Waals surface area contributed by atoms with Crippen molar-refractivity contribution in [3.8, 4) is 5.75 Å². The van der Waals surface area contributed by atoms with Crippen molar-refractivity contribution in [2.24, 2.45) is 0 Å². The summed E-state index contributed by atoms with van der Waals surface area (Å²) < 4.78 is 7.38. The Labute approximate surface area is 434 Å². The van der Waals surface area contributed by atoms with E-state index in [1.165, 1.54) is 22.3 Å². The lowest BCUT2D eigenvalue weighted by molar-refractivity contribution is 0.397. The van der Waals surface area contributed by atoms with Gasteiger partial charge in [-0.1, -0.05) is 297 Å². The van der Waals surface area contributed by atoms with Gasteiger partial charge in [0.25, 0.3) is 0 Å². The van der Waals surface area contributed by atoms with E-state index in [0.29, 0.717) is 0 Å². The first-order valence-electron chi connectivity index (χ1n) is 25.6. The SMILES string of the molecule is COc1c(N2C(c3ccccc3)(c3ccccc3)c3ccccc3C2(c2ccccc2)c2ccccc2)cccc1N1C(c2ccccc2)(c2ccccc2)c2ccccc2C1(c1ccccc1)c1ccccc1. The summed E-state index contributed by atoms with van der Waals surface area (Å²) in [4.78, 5) is 5.45. The average Bonchev–Trinajstić information content (AvgIpc) is 3.94. The van der Waals surface area contributed by atoms with Crippen LogP contribution in [0.1, 0.15) is 66.8 Å². The van der Waals surface area contributed by atoms with Crippen LogP contribution in [0.15, 0.2) is 309 Å². The Bertz CT molecular complexity index is 3080. The first-order chi connectivity index (χ1) is 36.7. The molecule has 2 heterocycles. The second kappa shape index (κ2) is 18.1. The van der Waals surface area contributed by atoms with Crippen LogP contribution in [0.4, 0.5) is 11.4 Å². The molecule has 354 valence electrons. The minimum Gasteiger partial charge on any atom is -0.492 e. The molecule has 0 saturated carbocycles. The van der Waals surface area contributed by atoms with Gasteiger partial charge in [0.05, 0.1) is 18.5 Å². The first-order valence-corrected chi connectivity index (χ1v) is 25.6. The monoisotopic (exact) mass is 950 g/mol. The van der Waals surface area contributed by atoms with E-state index in [9.17, 15) is 0 Å². The van der Waals surface area contributed by atoms with E-state index in [1.807, 2.05) is 7.11 Å². The molecule has 3 nitrogen and oxygen atoms in total. The molecule has 0 atom stereocenters. The van der Waals surface area contributed by atoms with Crippen LogP contribution in [-0.4, -0.2) is 7.11 Å². The fraction of sp³-hybridized carbons (Fsp3) is 0.0704. The third kappa shape index (κ3) is 6.20. The van der Waals surface area contributed by atoms with Gasteiger partial charge < -0.3 is 14.5 Å². The van der Waals surface area contributed by atoms with Gasteiger partial charge in [0.1, 0.15) is 22.2 Å². The van der Waals surface area contributed by atoms with E-state index in [2.05, 4.69) is 319 Å². The van der Waals surface area contributed by atoms with Crippen molar-refractivity contribution in [3.63, 3.8) is 0 Å². The van der Waals surface area contributed by atoms with Crippen LogP contribution in [0.25, 0.3) is 0 Å². The molecule has 0 unspecified atom stereocenters. The average molecular weight is 951 g/mol. The lowest BCUT2D eigenvalue weighted by atomic mass is 9.76. The molecular weight excluding hydrogens is 897 g/mol.